The lowest BCUT2D eigenvalue weighted by molar-refractivity contribution is -0.167. The van der Waals surface area contributed by atoms with Crippen molar-refractivity contribution in [3.05, 3.63) is 24.4 Å². The topological polar surface area (TPSA) is 132 Å². The fourth-order valence-electron chi connectivity index (χ4n) is 1.71. The maximum absolute atomic E-state index is 12.3. The number of nitrogens with one attached hydrogen (secondary N) is 2. The lowest BCUT2D eigenvalue weighted by atomic mass is 10.5. The van der Waals surface area contributed by atoms with Crippen molar-refractivity contribution in [2.24, 2.45) is 0 Å². The molecule has 3 heterocycles. The van der Waals surface area contributed by atoms with E-state index >= 15 is 0 Å². The first kappa shape index (κ1) is 15.5. The minimum absolute atomic E-state index is 0.0485. The van der Waals surface area contributed by atoms with E-state index in [4.69, 9.17) is 10.5 Å². The van der Waals surface area contributed by atoms with E-state index in [0.29, 0.717) is 0 Å². The smallest absolute Gasteiger partial charge is 0.418 e. The second-order valence-corrected chi connectivity index (χ2v) is 4.39. The molecular weight excluding hydrogens is 331 g/mol. The molecule has 9 nitrogen and oxygen atoms in total. The number of halogens is 3. The van der Waals surface area contributed by atoms with Crippen molar-refractivity contribution in [3.63, 3.8) is 0 Å². The molecule has 0 saturated carbocycles. The number of carbonyl (C=O) groups excluding carboxylic acids is 1. The molecule has 3 aromatic rings. The molecule has 0 aliphatic carbocycles. The van der Waals surface area contributed by atoms with Crippen molar-refractivity contribution >= 4 is 29.0 Å². The number of nitrogen functional groups attached to an aromatic ring is 1. The number of nitrogens with two attached hydrogens (primary N) is 1. The number of ether oxygens (including phenoxy) is 1. The Hall–Kier alpha value is -3.44. The number of hydrogen-bond donors (Lipinski definition) is 3. The second kappa shape index (κ2) is 5.64. The molecule has 3 rings (SSSR count). The highest BCUT2D eigenvalue weighted by Crippen LogP contribution is 2.27. The first-order valence-electron chi connectivity index (χ1n) is 6.33. The van der Waals surface area contributed by atoms with Gasteiger partial charge in [-0.15, -0.1) is 0 Å². The van der Waals surface area contributed by atoms with Crippen LogP contribution >= 0.6 is 0 Å². The van der Waals surface area contributed by atoms with Gasteiger partial charge in [0.2, 0.25) is 17.8 Å². The van der Waals surface area contributed by atoms with Crippen LogP contribution in [0.15, 0.2) is 24.4 Å². The lowest BCUT2D eigenvalue weighted by Crippen LogP contribution is -2.30. The molecule has 0 aliphatic rings. The molecule has 0 aliphatic heterocycles. The Morgan fingerprint density at radius 2 is 2.04 bits per heavy atom. The predicted octanol–water partition coefficient (Wildman–Crippen LogP) is 1.62. The highest BCUT2D eigenvalue weighted by atomic mass is 19.4. The molecule has 3 aromatic heterocycles. The number of carbonyl (C=O) groups is 1. The van der Waals surface area contributed by atoms with Gasteiger partial charge in [-0.1, -0.05) is 6.07 Å². The van der Waals surface area contributed by atoms with Gasteiger partial charge in [-0.25, -0.2) is 4.98 Å². The zero-order valence-corrected chi connectivity index (χ0v) is 11.6. The number of H-pyrrole nitrogens is 1. The van der Waals surface area contributed by atoms with Gasteiger partial charge in [-0.3, -0.25) is 10.1 Å². The SMILES string of the molecule is Nc1nc(Oc2ccccn2)c2[nH]c(NC(=O)C(F)(F)F)nc2n1. The van der Waals surface area contributed by atoms with Gasteiger partial charge in [0.1, 0.15) is 0 Å². The average Bonchev–Trinajstić information content (AvgIpc) is 2.89. The summed E-state index contributed by atoms with van der Waals surface area (Å²) >= 11 is 0. The van der Waals surface area contributed by atoms with Crippen LogP contribution in [0.25, 0.3) is 11.2 Å². The number of nitrogens with zero attached hydrogens (tertiary/aromatic N) is 4. The van der Waals surface area contributed by atoms with E-state index < -0.39 is 18.0 Å². The minimum atomic E-state index is -5.06. The summed E-state index contributed by atoms with van der Waals surface area (Å²) < 4.78 is 42.3. The molecule has 0 aromatic carbocycles. The lowest BCUT2D eigenvalue weighted by Gasteiger charge is -2.05. The third-order valence-electron chi connectivity index (χ3n) is 2.66. The summed E-state index contributed by atoms with van der Waals surface area (Å²) in [5.74, 6) is -2.80. The molecule has 4 N–H and O–H groups in total. The van der Waals surface area contributed by atoms with Crippen LogP contribution in [0.4, 0.5) is 25.1 Å². The standard InChI is InChI=1S/C12H8F3N7O2/c13-12(14,15)9(23)22-11-18-6-7(20-11)19-10(16)21-8(6)24-5-3-1-2-4-17-5/h1-4H,(H4,16,18,19,20,21,22,23). The van der Waals surface area contributed by atoms with Crippen LogP contribution in [-0.2, 0) is 4.79 Å². The van der Waals surface area contributed by atoms with Crippen LogP contribution in [0.2, 0.25) is 0 Å². The molecular formula is C12H8F3N7O2. The minimum Gasteiger partial charge on any atom is -0.418 e. The number of amides is 1. The fraction of sp³-hybridized carbons (Fsp3) is 0.0833. The van der Waals surface area contributed by atoms with Gasteiger partial charge in [0, 0.05) is 12.3 Å². The van der Waals surface area contributed by atoms with Gasteiger partial charge in [0.05, 0.1) is 0 Å². The molecule has 1 amide bonds. The zero-order valence-electron chi connectivity index (χ0n) is 11.6. The van der Waals surface area contributed by atoms with Crippen molar-refractivity contribution in [1.29, 1.82) is 0 Å². The Morgan fingerprint density at radius 3 is 2.71 bits per heavy atom. The second-order valence-electron chi connectivity index (χ2n) is 4.39. The number of rotatable bonds is 3. The summed E-state index contributed by atoms with van der Waals surface area (Å²) in [7, 11) is 0. The molecule has 0 saturated heterocycles. The third kappa shape index (κ3) is 3.16. The maximum Gasteiger partial charge on any atom is 0.471 e. The quantitative estimate of drug-likeness (QED) is 0.660. The van der Waals surface area contributed by atoms with Crippen molar-refractivity contribution in [3.8, 4) is 11.8 Å². The van der Waals surface area contributed by atoms with E-state index in [9.17, 15) is 18.0 Å². The number of aromatic amines is 1. The summed E-state index contributed by atoms with van der Waals surface area (Å²) in [5, 5.41) is 1.57. The van der Waals surface area contributed by atoms with E-state index in [1.807, 2.05) is 0 Å². The van der Waals surface area contributed by atoms with Crippen LogP contribution in [0.3, 0.4) is 0 Å². The summed E-state index contributed by atoms with van der Waals surface area (Å²) in [5.41, 5.74) is 5.48. The van der Waals surface area contributed by atoms with Gasteiger partial charge >= 0.3 is 12.1 Å². The largest absolute Gasteiger partial charge is 0.471 e. The Labute approximate surface area is 131 Å². The van der Waals surface area contributed by atoms with Gasteiger partial charge in [0.15, 0.2) is 11.2 Å². The monoisotopic (exact) mass is 339 g/mol. The van der Waals surface area contributed by atoms with Crippen LogP contribution in [0.1, 0.15) is 0 Å². The Kier molecular flexibility index (Phi) is 3.63. The van der Waals surface area contributed by atoms with Crippen LogP contribution in [0.5, 0.6) is 11.8 Å². The van der Waals surface area contributed by atoms with Gasteiger partial charge < -0.3 is 15.5 Å². The number of alkyl halides is 3. The number of fused-ring (bicyclic) bond motifs is 1. The van der Waals surface area contributed by atoms with E-state index in [0.717, 1.165) is 0 Å². The van der Waals surface area contributed by atoms with Crippen LogP contribution in [0, 0.1) is 0 Å². The third-order valence-corrected chi connectivity index (χ3v) is 2.66. The molecule has 0 radical (unpaired) electrons. The Balaban J connectivity index is 1.97. The maximum atomic E-state index is 12.3. The van der Waals surface area contributed by atoms with E-state index in [1.54, 1.807) is 17.4 Å². The normalized spacial score (nSPS) is 11.5. The highest BCUT2D eigenvalue weighted by molar-refractivity contribution is 5.95. The summed E-state index contributed by atoms with van der Waals surface area (Å²) in [6.45, 7) is 0. The molecule has 24 heavy (non-hydrogen) atoms. The average molecular weight is 339 g/mol. The van der Waals surface area contributed by atoms with Crippen LogP contribution in [-0.4, -0.2) is 37.0 Å². The molecule has 0 spiro atoms. The number of pyridine rings is 1. The van der Waals surface area contributed by atoms with Crippen molar-refractivity contribution < 1.29 is 22.7 Å². The Morgan fingerprint density at radius 1 is 1.25 bits per heavy atom. The molecule has 0 fully saturated rings. The van der Waals surface area contributed by atoms with Crippen molar-refractivity contribution in [2.45, 2.75) is 6.18 Å². The van der Waals surface area contributed by atoms with E-state index in [2.05, 4.69) is 24.9 Å². The van der Waals surface area contributed by atoms with Gasteiger partial charge in [-0.05, 0) is 6.07 Å². The Bertz CT molecular complexity index is 895. The van der Waals surface area contributed by atoms with Crippen molar-refractivity contribution in [1.82, 2.24) is 24.9 Å². The first-order valence-corrected chi connectivity index (χ1v) is 6.33. The zero-order chi connectivity index (χ0) is 17.3. The van der Waals surface area contributed by atoms with E-state index in [-0.39, 0.29) is 28.9 Å². The molecule has 124 valence electrons. The van der Waals surface area contributed by atoms with Crippen molar-refractivity contribution in [2.75, 3.05) is 11.1 Å². The predicted molar refractivity (Wildman–Crippen MR) is 75.1 cm³/mol. The summed E-state index contributed by atoms with van der Waals surface area (Å²) in [6, 6.07) is 4.86. The highest BCUT2D eigenvalue weighted by Gasteiger charge is 2.39. The molecule has 12 heteroatoms. The molecule has 0 unspecified atom stereocenters. The number of aromatic nitrogens is 5. The molecule has 0 atom stereocenters. The van der Waals surface area contributed by atoms with Gasteiger partial charge in [0.25, 0.3) is 5.88 Å². The summed E-state index contributed by atoms with van der Waals surface area (Å²) in [4.78, 5) is 28.6. The number of hydrogen-bond acceptors (Lipinski definition) is 7. The van der Waals surface area contributed by atoms with Crippen LogP contribution < -0.4 is 15.8 Å². The molecule has 0 bridgehead atoms. The summed E-state index contributed by atoms with van der Waals surface area (Å²) in [6.07, 6.45) is -3.59. The fourth-order valence-corrected chi connectivity index (χ4v) is 1.71. The van der Waals surface area contributed by atoms with E-state index in [1.165, 1.54) is 12.3 Å². The number of imidazole rings is 1. The number of anilines is 2. The first-order chi connectivity index (χ1) is 11.3. The van der Waals surface area contributed by atoms with Gasteiger partial charge in [-0.2, -0.15) is 28.1 Å².